The molecule has 2 fully saturated rings. The summed E-state index contributed by atoms with van der Waals surface area (Å²) in [5, 5.41) is 0. The van der Waals surface area contributed by atoms with Crippen molar-refractivity contribution in [3.63, 3.8) is 0 Å². The monoisotopic (exact) mass is 170 g/mol. The van der Waals surface area contributed by atoms with Crippen LogP contribution in [-0.4, -0.2) is 11.3 Å². The van der Waals surface area contributed by atoms with Crippen LogP contribution in [0, 0.1) is 0 Å². The maximum atomic E-state index is 1.56. The molecule has 1 heteroatoms. The molecule has 0 aromatic heterocycles. The van der Waals surface area contributed by atoms with Crippen molar-refractivity contribution in [1.29, 1.82) is 0 Å². The van der Waals surface area contributed by atoms with Crippen LogP contribution in [0.1, 0.15) is 51.4 Å². The fourth-order valence-corrected chi connectivity index (χ4v) is 4.67. The van der Waals surface area contributed by atoms with Gasteiger partial charge in [-0.25, -0.2) is 0 Å². The molecule has 0 atom stereocenters. The molecule has 2 saturated carbocycles. The number of hydrogen-bond acceptors (Lipinski definition) is 0. The van der Waals surface area contributed by atoms with Gasteiger partial charge in [0.05, 0.1) is 0 Å². The van der Waals surface area contributed by atoms with Crippen molar-refractivity contribution in [2.45, 2.75) is 62.7 Å². The van der Waals surface area contributed by atoms with Crippen molar-refractivity contribution in [1.82, 2.24) is 0 Å². The van der Waals surface area contributed by atoms with Crippen LogP contribution in [0.25, 0.3) is 0 Å². The van der Waals surface area contributed by atoms with E-state index in [9.17, 15) is 0 Å². The first-order valence-electron chi connectivity index (χ1n) is 5.21. The van der Waals surface area contributed by atoms with Gasteiger partial charge in [-0.1, -0.05) is 25.7 Å². The molecule has 0 saturated heterocycles. The fourth-order valence-electron chi connectivity index (χ4n) is 2.52. The molecule has 0 unspecified atom stereocenters. The van der Waals surface area contributed by atoms with E-state index in [0.29, 0.717) is 0 Å². The van der Waals surface area contributed by atoms with Crippen molar-refractivity contribution in [2.24, 2.45) is 0 Å². The van der Waals surface area contributed by atoms with Gasteiger partial charge in [-0.2, -0.15) is 0 Å². The SMILES string of the molecule is C1CCC(PC2CCCC2)C1. The van der Waals surface area contributed by atoms with Gasteiger partial charge in [0.1, 0.15) is 0 Å². The van der Waals surface area contributed by atoms with Crippen LogP contribution in [0.4, 0.5) is 0 Å². The summed E-state index contributed by atoms with van der Waals surface area (Å²) in [6.45, 7) is 0. The van der Waals surface area contributed by atoms with E-state index in [1.54, 1.807) is 25.7 Å². The summed E-state index contributed by atoms with van der Waals surface area (Å²) in [7, 11) is 1.34. The third-order valence-corrected chi connectivity index (χ3v) is 5.28. The summed E-state index contributed by atoms with van der Waals surface area (Å²) in [4.78, 5) is 0. The van der Waals surface area contributed by atoms with Crippen LogP contribution >= 0.6 is 8.58 Å². The highest BCUT2D eigenvalue weighted by atomic mass is 31.1. The Morgan fingerprint density at radius 1 is 0.636 bits per heavy atom. The third-order valence-electron chi connectivity index (χ3n) is 3.18. The maximum Gasteiger partial charge on any atom is -0.0234 e. The molecule has 2 aliphatic carbocycles. The largest absolute Gasteiger partial charge is 0.116 e. The lowest BCUT2D eigenvalue weighted by Gasteiger charge is -2.14. The molecule has 11 heavy (non-hydrogen) atoms. The van der Waals surface area contributed by atoms with Crippen LogP contribution in [0.2, 0.25) is 0 Å². The lowest BCUT2D eigenvalue weighted by molar-refractivity contribution is 0.844. The lowest BCUT2D eigenvalue weighted by atomic mass is 10.4. The van der Waals surface area contributed by atoms with Crippen molar-refractivity contribution >= 4 is 8.58 Å². The quantitative estimate of drug-likeness (QED) is 0.556. The highest BCUT2D eigenvalue weighted by Crippen LogP contribution is 2.43. The smallest absolute Gasteiger partial charge is 0.0234 e. The van der Waals surface area contributed by atoms with Gasteiger partial charge in [0, 0.05) is 0 Å². The molecule has 0 amide bonds. The maximum absolute atomic E-state index is 1.56. The molecule has 0 aromatic rings. The molecule has 0 spiro atoms. The predicted octanol–water partition coefficient (Wildman–Crippen LogP) is 3.55. The number of hydrogen-bond donors (Lipinski definition) is 0. The molecule has 2 aliphatic rings. The minimum atomic E-state index is 1.16. The Morgan fingerprint density at radius 2 is 1.00 bits per heavy atom. The zero-order valence-corrected chi connectivity index (χ0v) is 8.31. The van der Waals surface area contributed by atoms with Gasteiger partial charge in [-0.05, 0) is 37.0 Å². The Hall–Kier alpha value is 0.430. The molecular weight excluding hydrogens is 151 g/mol. The Bertz CT molecular complexity index is 96.0. The molecule has 0 aliphatic heterocycles. The zero-order valence-electron chi connectivity index (χ0n) is 7.31. The Labute approximate surface area is 71.9 Å². The summed E-state index contributed by atoms with van der Waals surface area (Å²) >= 11 is 0. The molecule has 0 N–H and O–H groups in total. The van der Waals surface area contributed by atoms with E-state index in [1.165, 1.54) is 34.3 Å². The standard InChI is InChI=1S/C10H19P/c1-2-6-9(5-1)11-10-7-3-4-8-10/h9-11H,1-8H2. The summed E-state index contributed by atoms with van der Waals surface area (Å²) in [5.41, 5.74) is 2.33. The molecule has 0 nitrogen and oxygen atoms in total. The Morgan fingerprint density at radius 3 is 1.36 bits per heavy atom. The normalized spacial score (nSPS) is 28.4. The second-order valence-electron chi connectivity index (χ2n) is 4.13. The summed E-state index contributed by atoms with van der Waals surface area (Å²) in [5.74, 6) is 0. The topological polar surface area (TPSA) is 0 Å². The number of rotatable bonds is 2. The first-order chi connectivity index (χ1) is 5.45. The predicted molar refractivity (Wildman–Crippen MR) is 52.8 cm³/mol. The second-order valence-corrected chi connectivity index (χ2v) is 6.10. The van der Waals surface area contributed by atoms with Crippen LogP contribution < -0.4 is 0 Å². The Balaban J connectivity index is 1.71. The molecule has 0 aromatic carbocycles. The first-order valence-corrected chi connectivity index (χ1v) is 6.37. The van der Waals surface area contributed by atoms with E-state index < -0.39 is 0 Å². The van der Waals surface area contributed by atoms with Gasteiger partial charge in [0.15, 0.2) is 0 Å². The van der Waals surface area contributed by atoms with Crippen molar-refractivity contribution in [2.75, 3.05) is 0 Å². The minimum Gasteiger partial charge on any atom is -0.116 e. The average molecular weight is 170 g/mol. The molecule has 64 valence electrons. The fraction of sp³-hybridized carbons (Fsp3) is 1.00. The summed E-state index contributed by atoms with van der Waals surface area (Å²) in [6.07, 6.45) is 12.4. The molecule has 0 bridgehead atoms. The molecular formula is C10H19P. The van der Waals surface area contributed by atoms with Crippen LogP contribution in [0.15, 0.2) is 0 Å². The van der Waals surface area contributed by atoms with Crippen molar-refractivity contribution < 1.29 is 0 Å². The molecule has 0 heterocycles. The zero-order chi connectivity index (χ0) is 7.52. The van der Waals surface area contributed by atoms with Gasteiger partial charge < -0.3 is 0 Å². The van der Waals surface area contributed by atoms with E-state index >= 15 is 0 Å². The molecule has 0 radical (unpaired) electrons. The van der Waals surface area contributed by atoms with E-state index in [2.05, 4.69) is 0 Å². The average Bonchev–Trinajstić information content (AvgIpc) is 2.60. The minimum absolute atomic E-state index is 1.16. The van der Waals surface area contributed by atoms with Crippen LogP contribution in [-0.2, 0) is 0 Å². The van der Waals surface area contributed by atoms with Crippen molar-refractivity contribution in [3.05, 3.63) is 0 Å². The summed E-state index contributed by atoms with van der Waals surface area (Å²) in [6, 6.07) is 0. The van der Waals surface area contributed by atoms with Gasteiger partial charge >= 0.3 is 0 Å². The highest BCUT2D eigenvalue weighted by Gasteiger charge is 2.21. The Kier molecular flexibility index (Phi) is 2.85. The van der Waals surface area contributed by atoms with Gasteiger partial charge in [-0.3, -0.25) is 0 Å². The van der Waals surface area contributed by atoms with Crippen molar-refractivity contribution in [3.8, 4) is 0 Å². The second kappa shape index (κ2) is 3.90. The third kappa shape index (κ3) is 2.18. The first kappa shape index (κ1) is 8.05. The van der Waals surface area contributed by atoms with Gasteiger partial charge in [0.2, 0.25) is 0 Å². The summed E-state index contributed by atoms with van der Waals surface area (Å²) < 4.78 is 0. The van der Waals surface area contributed by atoms with E-state index in [1.807, 2.05) is 0 Å². The van der Waals surface area contributed by atoms with Crippen LogP contribution in [0.3, 0.4) is 0 Å². The van der Waals surface area contributed by atoms with Gasteiger partial charge in [0.25, 0.3) is 0 Å². The van der Waals surface area contributed by atoms with E-state index in [-0.39, 0.29) is 0 Å². The molecule has 2 rings (SSSR count). The van der Waals surface area contributed by atoms with Gasteiger partial charge in [-0.15, -0.1) is 8.58 Å². The van der Waals surface area contributed by atoms with E-state index in [4.69, 9.17) is 0 Å². The highest BCUT2D eigenvalue weighted by molar-refractivity contribution is 7.39. The van der Waals surface area contributed by atoms with Crippen LogP contribution in [0.5, 0.6) is 0 Å². The lowest BCUT2D eigenvalue weighted by Crippen LogP contribution is -2.00. The van der Waals surface area contributed by atoms with E-state index in [0.717, 1.165) is 11.3 Å².